The number of aryl methyl sites for hydroxylation is 2. The SMILES string of the molecule is [2H]C([2H])C([2H])(CC)N(C([2H])([2H])C([2H])(C)[C@@]([2H])(c1cc(C(C)O)c(C)cc1OC(=O)C(C)(C)CC)c1cccc(C)c1C)C(C)(C([2H])([2H])[2H])C([2H])(C)C. The molecule has 0 amide bonds. The molecule has 2 aromatic rings. The lowest BCUT2D eigenvalue weighted by Crippen LogP contribution is -2.54. The molecule has 0 aliphatic heterocycles. The molecule has 0 fully saturated rings. The van der Waals surface area contributed by atoms with Gasteiger partial charge in [0.1, 0.15) is 5.75 Å². The van der Waals surface area contributed by atoms with E-state index in [-0.39, 0.29) is 16.9 Å². The van der Waals surface area contributed by atoms with Gasteiger partial charge in [0, 0.05) is 44.6 Å². The van der Waals surface area contributed by atoms with Gasteiger partial charge in [-0.05, 0) is 127 Å². The van der Waals surface area contributed by atoms with E-state index >= 15 is 0 Å². The van der Waals surface area contributed by atoms with Gasteiger partial charge in [-0.15, -0.1) is 0 Å². The van der Waals surface area contributed by atoms with Crippen LogP contribution in [0.5, 0.6) is 5.75 Å². The van der Waals surface area contributed by atoms with Crippen LogP contribution < -0.4 is 4.74 Å². The maximum Gasteiger partial charge on any atom is 0.316 e. The van der Waals surface area contributed by atoms with Crippen molar-refractivity contribution in [1.29, 1.82) is 0 Å². The molecule has 4 nitrogen and oxygen atoms in total. The van der Waals surface area contributed by atoms with E-state index in [4.69, 9.17) is 13.0 Å². The van der Waals surface area contributed by atoms with Crippen molar-refractivity contribution in [3.8, 4) is 5.75 Å². The van der Waals surface area contributed by atoms with Gasteiger partial charge in [-0.1, -0.05) is 52.8 Å². The molecule has 230 valence electrons. The highest BCUT2D eigenvalue weighted by atomic mass is 16.5. The Morgan fingerprint density at radius 2 is 1.71 bits per heavy atom. The molecule has 1 N–H and O–H groups in total. The summed E-state index contributed by atoms with van der Waals surface area (Å²) < 4.78 is 109. The fraction of sp³-hybridized carbons (Fsp3) is 0.649. The van der Waals surface area contributed by atoms with E-state index in [1.54, 1.807) is 53.7 Å². The van der Waals surface area contributed by atoms with Gasteiger partial charge < -0.3 is 9.84 Å². The molecule has 0 saturated carbocycles. The summed E-state index contributed by atoms with van der Waals surface area (Å²) >= 11 is 0. The molecule has 0 aromatic heterocycles. The average Bonchev–Trinajstić information content (AvgIpc) is 3.00. The molecule has 0 aliphatic rings. The predicted molar refractivity (Wildman–Crippen MR) is 174 cm³/mol. The molecule has 0 aliphatic carbocycles. The fourth-order valence-corrected chi connectivity index (χ4v) is 4.46. The number of benzene rings is 2. The van der Waals surface area contributed by atoms with E-state index in [2.05, 4.69) is 0 Å². The number of ether oxygens (including phenoxy) is 1. The first kappa shape index (κ1) is 21.5. The minimum Gasteiger partial charge on any atom is -0.426 e. The summed E-state index contributed by atoms with van der Waals surface area (Å²) in [7, 11) is 0. The third-order valence-electron chi connectivity index (χ3n) is 8.33. The number of hydrogen-bond donors (Lipinski definition) is 1. The van der Waals surface area contributed by atoms with Crippen LogP contribution in [-0.4, -0.2) is 34.0 Å². The van der Waals surface area contributed by atoms with Crippen molar-refractivity contribution in [2.45, 2.75) is 133 Å². The number of carbonyl (C=O) groups excluding carboxylic acids is 1. The quantitative estimate of drug-likeness (QED) is 0.191. The van der Waals surface area contributed by atoms with Crippen LogP contribution in [0.25, 0.3) is 0 Å². The summed E-state index contributed by atoms with van der Waals surface area (Å²) in [5.74, 6) is -8.43. The first-order valence-corrected chi connectivity index (χ1v) is 14.5. The van der Waals surface area contributed by atoms with Crippen molar-refractivity contribution in [1.82, 2.24) is 4.90 Å². The molecule has 41 heavy (non-hydrogen) atoms. The molecule has 0 bridgehead atoms. The van der Waals surface area contributed by atoms with E-state index in [9.17, 15) is 16.8 Å². The Labute approximate surface area is 267 Å². The third-order valence-corrected chi connectivity index (χ3v) is 8.33. The zero-order valence-electron chi connectivity index (χ0n) is 38.2. The van der Waals surface area contributed by atoms with E-state index in [1.165, 1.54) is 45.9 Å². The summed E-state index contributed by atoms with van der Waals surface area (Å²) in [4.78, 5) is 14.2. The summed E-state index contributed by atoms with van der Waals surface area (Å²) in [6.07, 6.45) is -1.16. The average molecular weight is 577 g/mol. The standard InChI is InChI=1S/C37H59NO3/c1-15-27(8)38(37(13,14)23(3)4)22-26(7)34(30-19-17-18-24(5)28(30)9)32-21-31(29(10)39)25(6)20-33(32)41-35(40)36(11,12)16-2/h17-21,23,26-27,29,34,39H,15-16,22H2,1-14H3/t26?,27?,29?,34-/m1/s1/i8D2,13D3,22D2,23D,26D,27D,34D/t26?,27?,29?,34-,37?. The van der Waals surface area contributed by atoms with Crippen LogP contribution in [0.15, 0.2) is 30.3 Å². The van der Waals surface area contributed by atoms with Gasteiger partial charge in [0.15, 0.2) is 0 Å². The zero-order chi connectivity index (χ0) is 41.0. The lowest BCUT2D eigenvalue weighted by Gasteiger charge is -2.47. The maximum absolute atomic E-state index is 13.7. The molecular weight excluding hydrogens is 506 g/mol. The molecule has 2 aromatic carbocycles. The van der Waals surface area contributed by atoms with Crippen LogP contribution in [0.2, 0.25) is 0 Å². The highest BCUT2D eigenvalue weighted by Gasteiger charge is 2.37. The Morgan fingerprint density at radius 1 is 1.05 bits per heavy atom. The molecule has 4 heteroatoms. The monoisotopic (exact) mass is 577 g/mol. The van der Waals surface area contributed by atoms with E-state index < -0.39 is 73.4 Å². The molecule has 5 atom stereocenters. The minimum atomic E-state index is -3.40. The van der Waals surface area contributed by atoms with Gasteiger partial charge >= 0.3 is 5.97 Å². The summed E-state index contributed by atoms with van der Waals surface area (Å²) in [6.45, 7) is 9.08. The van der Waals surface area contributed by atoms with Crippen LogP contribution in [0.4, 0.5) is 0 Å². The normalized spacial score (nSPS) is 24.0. The smallest absolute Gasteiger partial charge is 0.316 e. The second-order valence-corrected chi connectivity index (χ2v) is 12.1. The first-order valence-electron chi connectivity index (χ1n) is 20.1. The molecule has 0 radical (unpaired) electrons. The molecule has 4 unspecified atom stereocenters. The molecular formula is C37H59NO3. The van der Waals surface area contributed by atoms with Crippen molar-refractivity contribution in [3.05, 3.63) is 63.7 Å². The lowest BCUT2D eigenvalue weighted by atomic mass is 9.76. The highest BCUT2D eigenvalue weighted by molar-refractivity contribution is 5.79. The minimum absolute atomic E-state index is 0.0994. The second-order valence-electron chi connectivity index (χ2n) is 12.1. The van der Waals surface area contributed by atoms with Gasteiger partial charge in [0.25, 0.3) is 0 Å². The first-order chi connectivity index (χ1) is 23.2. The summed E-state index contributed by atoms with van der Waals surface area (Å²) in [5.41, 5.74) is -1.73. The second kappa shape index (κ2) is 13.9. The topological polar surface area (TPSA) is 49.8 Å². The van der Waals surface area contributed by atoms with Crippen molar-refractivity contribution in [2.75, 3.05) is 6.50 Å². The Bertz CT molecular complexity index is 1600. The van der Waals surface area contributed by atoms with Crippen LogP contribution in [0.1, 0.15) is 149 Å². The lowest BCUT2D eigenvalue weighted by molar-refractivity contribution is -0.144. The van der Waals surface area contributed by atoms with E-state index in [1.807, 2.05) is 0 Å². The van der Waals surface area contributed by atoms with Crippen molar-refractivity contribution >= 4 is 5.97 Å². The Hall–Kier alpha value is -2.17. The number of aliphatic hydroxyl groups excluding tert-OH is 1. The molecule has 0 saturated heterocycles. The van der Waals surface area contributed by atoms with Crippen molar-refractivity contribution in [2.24, 2.45) is 17.2 Å². The summed E-state index contributed by atoms with van der Waals surface area (Å²) in [5, 5.41) is 10.9. The maximum atomic E-state index is 13.7. The van der Waals surface area contributed by atoms with Crippen LogP contribution in [0.3, 0.4) is 0 Å². The van der Waals surface area contributed by atoms with E-state index in [0.29, 0.717) is 33.6 Å². The Balaban J connectivity index is 3.44. The van der Waals surface area contributed by atoms with Gasteiger partial charge in [0.2, 0.25) is 0 Å². The number of esters is 1. The molecule has 0 spiro atoms. The van der Waals surface area contributed by atoms with Crippen molar-refractivity contribution in [3.63, 3.8) is 0 Å². The largest absolute Gasteiger partial charge is 0.426 e. The Morgan fingerprint density at radius 3 is 2.22 bits per heavy atom. The van der Waals surface area contributed by atoms with Gasteiger partial charge in [-0.25, -0.2) is 0 Å². The number of hydrogen-bond acceptors (Lipinski definition) is 4. The van der Waals surface area contributed by atoms with Crippen LogP contribution in [0, 0.1) is 38.0 Å². The number of rotatable bonds is 13. The summed E-state index contributed by atoms with van der Waals surface area (Å²) in [6, 6.07) is 5.15. The van der Waals surface area contributed by atoms with Crippen molar-refractivity contribution < 1.29 is 29.7 Å². The predicted octanol–water partition coefficient (Wildman–Crippen LogP) is 9.31. The Kier molecular flexibility index (Phi) is 7.27. The third kappa shape index (κ3) is 7.82. The number of carbonyl (C=O) groups is 1. The van der Waals surface area contributed by atoms with Gasteiger partial charge in [-0.2, -0.15) is 0 Å². The highest BCUT2D eigenvalue weighted by Crippen LogP contribution is 2.43. The molecule has 0 heterocycles. The number of nitrogens with zero attached hydrogens (tertiary/aromatic N) is 1. The fourth-order valence-electron chi connectivity index (χ4n) is 4.46. The van der Waals surface area contributed by atoms with Crippen LogP contribution >= 0.6 is 0 Å². The number of aliphatic hydroxyl groups is 1. The van der Waals surface area contributed by atoms with Gasteiger partial charge in [-0.3, -0.25) is 9.69 Å². The molecule has 2 rings (SSSR count). The van der Waals surface area contributed by atoms with Gasteiger partial charge in [0.05, 0.1) is 11.5 Å². The van der Waals surface area contributed by atoms with Crippen LogP contribution in [-0.2, 0) is 4.79 Å². The van der Waals surface area contributed by atoms with E-state index in [0.717, 1.165) is 13.8 Å². The zero-order valence-corrected chi connectivity index (χ0v) is 27.2.